The molecule has 0 fully saturated rings. The van der Waals surface area contributed by atoms with Gasteiger partial charge in [-0.05, 0) is 54.2 Å². The molecule has 0 saturated carbocycles. The van der Waals surface area contributed by atoms with Gasteiger partial charge in [0, 0.05) is 48.2 Å². The summed E-state index contributed by atoms with van der Waals surface area (Å²) in [6.07, 6.45) is 1.16. The van der Waals surface area contributed by atoms with Crippen LogP contribution in [0.25, 0.3) is 0 Å². The molecule has 2 amide bonds. The molecule has 38 heavy (non-hydrogen) atoms. The van der Waals surface area contributed by atoms with E-state index in [-0.39, 0.29) is 18.0 Å². The zero-order chi connectivity index (χ0) is 27.5. The number of primary amides is 1. The van der Waals surface area contributed by atoms with Crippen molar-refractivity contribution in [1.29, 1.82) is 0 Å². The van der Waals surface area contributed by atoms with Crippen molar-refractivity contribution in [3.63, 3.8) is 0 Å². The first kappa shape index (κ1) is 29.4. The van der Waals surface area contributed by atoms with Gasteiger partial charge in [-0.25, -0.2) is 0 Å². The minimum atomic E-state index is -0.907. The third-order valence-corrected chi connectivity index (χ3v) is 7.01. The number of nitrogens with zero attached hydrogens (tertiary/aromatic N) is 1. The van der Waals surface area contributed by atoms with Crippen LogP contribution in [0.2, 0.25) is 5.02 Å². The van der Waals surface area contributed by atoms with E-state index in [1.165, 1.54) is 0 Å². The van der Waals surface area contributed by atoms with Gasteiger partial charge in [0.2, 0.25) is 5.91 Å². The number of aliphatic hydroxyl groups excluding tert-OH is 1. The number of rotatable bonds is 14. The molecule has 6 nitrogen and oxygen atoms in total. The van der Waals surface area contributed by atoms with Crippen molar-refractivity contribution in [3.8, 4) is 0 Å². The minimum Gasteiger partial charge on any atom is -0.391 e. The summed E-state index contributed by atoms with van der Waals surface area (Å²) in [5.74, 6) is -1.33. The second-order valence-corrected chi connectivity index (χ2v) is 9.92. The third kappa shape index (κ3) is 7.67. The average molecular weight is 536 g/mol. The van der Waals surface area contributed by atoms with Crippen molar-refractivity contribution < 1.29 is 14.7 Å². The molecule has 0 saturated heterocycles. The number of halogens is 1. The zero-order valence-corrected chi connectivity index (χ0v) is 23.0. The van der Waals surface area contributed by atoms with Gasteiger partial charge in [-0.15, -0.1) is 0 Å². The highest BCUT2D eigenvalue weighted by molar-refractivity contribution is 6.31. The standard InChI is InChI=1S/C31H38ClN3O3/c1-3-17-35(18-4-2)31(38)25-15-10-14-24(30(33)37)29(25)26(19-22-11-6-5-7-12-22)28(36)21-34-20-23-13-8-9-16-27(23)32/h5-16,26,28,34,36H,3-4,17-21H2,1-2H3,(H2,33,37)/t26-,28+/m1/s1. The zero-order valence-electron chi connectivity index (χ0n) is 22.2. The number of nitrogens with two attached hydrogens (primary N) is 1. The number of nitrogens with one attached hydrogen (secondary N) is 1. The maximum absolute atomic E-state index is 13.8. The Kier molecular flexibility index (Phi) is 11.3. The van der Waals surface area contributed by atoms with Crippen molar-refractivity contribution in [1.82, 2.24) is 10.2 Å². The van der Waals surface area contributed by atoms with Crippen LogP contribution in [-0.4, -0.2) is 47.6 Å². The van der Waals surface area contributed by atoms with Gasteiger partial charge in [-0.1, -0.05) is 80.0 Å². The molecule has 2 atom stereocenters. The molecule has 0 aliphatic heterocycles. The van der Waals surface area contributed by atoms with Gasteiger partial charge < -0.3 is 21.1 Å². The summed E-state index contributed by atoms with van der Waals surface area (Å²) in [7, 11) is 0. The largest absolute Gasteiger partial charge is 0.391 e. The van der Waals surface area contributed by atoms with Crippen molar-refractivity contribution in [2.45, 2.75) is 51.7 Å². The summed E-state index contributed by atoms with van der Waals surface area (Å²) in [5, 5.41) is 15.5. The summed E-state index contributed by atoms with van der Waals surface area (Å²) in [6.45, 7) is 5.99. The van der Waals surface area contributed by atoms with Crippen LogP contribution in [0.4, 0.5) is 0 Å². The molecule has 0 spiro atoms. The average Bonchev–Trinajstić information content (AvgIpc) is 2.92. The highest BCUT2D eigenvalue weighted by atomic mass is 35.5. The Labute approximate surface area is 230 Å². The molecule has 3 aromatic carbocycles. The first-order chi connectivity index (χ1) is 18.4. The number of amides is 2. The predicted molar refractivity (Wildman–Crippen MR) is 153 cm³/mol. The Hall–Kier alpha value is -3.19. The molecule has 3 rings (SSSR count). The van der Waals surface area contributed by atoms with E-state index >= 15 is 0 Å². The molecule has 202 valence electrons. The molecule has 0 bridgehead atoms. The molecule has 0 aromatic heterocycles. The molecular formula is C31H38ClN3O3. The van der Waals surface area contributed by atoms with Crippen LogP contribution in [0.3, 0.4) is 0 Å². The Balaban J connectivity index is 2.02. The van der Waals surface area contributed by atoms with Gasteiger partial charge in [0.15, 0.2) is 0 Å². The molecule has 0 aliphatic carbocycles. The lowest BCUT2D eigenvalue weighted by Gasteiger charge is -2.30. The van der Waals surface area contributed by atoms with Crippen molar-refractivity contribution in [3.05, 3.63) is 106 Å². The van der Waals surface area contributed by atoms with Crippen molar-refractivity contribution in [2.24, 2.45) is 5.73 Å². The summed E-state index contributed by atoms with van der Waals surface area (Å²) >= 11 is 6.30. The molecule has 0 radical (unpaired) electrons. The van der Waals surface area contributed by atoms with Crippen LogP contribution in [0, 0.1) is 0 Å². The summed E-state index contributed by atoms with van der Waals surface area (Å²) in [5.41, 5.74) is 8.90. The normalized spacial score (nSPS) is 12.6. The van der Waals surface area contributed by atoms with Crippen LogP contribution >= 0.6 is 11.6 Å². The van der Waals surface area contributed by atoms with Gasteiger partial charge in [0.1, 0.15) is 0 Å². The first-order valence-electron chi connectivity index (χ1n) is 13.2. The minimum absolute atomic E-state index is 0.152. The van der Waals surface area contributed by atoms with Crippen LogP contribution in [0.15, 0.2) is 72.8 Å². The number of hydrogen-bond acceptors (Lipinski definition) is 4. The molecular weight excluding hydrogens is 498 g/mol. The number of carbonyl (C=O) groups is 2. The van der Waals surface area contributed by atoms with Crippen LogP contribution in [-0.2, 0) is 13.0 Å². The van der Waals surface area contributed by atoms with Crippen molar-refractivity contribution in [2.75, 3.05) is 19.6 Å². The van der Waals surface area contributed by atoms with Gasteiger partial charge in [-0.2, -0.15) is 0 Å². The Morgan fingerprint density at radius 2 is 1.55 bits per heavy atom. The van der Waals surface area contributed by atoms with Gasteiger partial charge in [0.25, 0.3) is 5.91 Å². The van der Waals surface area contributed by atoms with E-state index in [1.807, 2.05) is 73.3 Å². The van der Waals surface area contributed by atoms with E-state index < -0.39 is 17.9 Å². The molecule has 0 unspecified atom stereocenters. The van der Waals surface area contributed by atoms with Crippen LogP contribution in [0.5, 0.6) is 0 Å². The third-order valence-electron chi connectivity index (χ3n) is 6.64. The lowest BCUT2D eigenvalue weighted by atomic mass is 9.81. The van der Waals surface area contributed by atoms with Gasteiger partial charge >= 0.3 is 0 Å². The Morgan fingerprint density at radius 3 is 2.18 bits per heavy atom. The van der Waals surface area contributed by atoms with Gasteiger partial charge in [0.05, 0.1) is 6.10 Å². The lowest BCUT2D eigenvalue weighted by molar-refractivity contribution is 0.0751. The molecule has 7 heteroatoms. The van der Waals surface area contributed by atoms with E-state index in [1.54, 1.807) is 18.2 Å². The van der Waals surface area contributed by atoms with E-state index in [0.29, 0.717) is 42.2 Å². The van der Waals surface area contributed by atoms with E-state index in [9.17, 15) is 14.7 Å². The van der Waals surface area contributed by atoms with E-state index in [0.717, 1.165) is 24.0 Å². The smallest absolute Gasteiger partial charge is 0.254 e. The van der Waals surface area contributed by atoms with E-state index in [4.69, 9.17) is 17.3 Å². The molecule has 0 aliphatic rings. The molecule has 3 aromatic rings. The lowest BCUT2D eigenvalue weighted by Crippen LogP contribution is -2.37. The molecule has 4 N–H and O–H groups in total. The van der Waals surface area contributed by atoms with Crippen LogP contribution < -0.4 is 11.1 Å². The van der Waals surface area contributed by atoms with E-state index in [2.05, 4.69) is 5.32 Å². The second-order valence-electron chi connectivity index (χ2n) is 9.51. The number of carbonyl (C=O) groups excluding carboxylic acids is 2. The Morgan fingerprint density at radius 1 is 0.921 bits per heavy atom. The highest BCUT2D eigenvalue weighted by Gasteiger charge is 2.31. The number of hydrogen-bond donors (Lipinski definition) is 3. The maximum Gasteiger partial charge on any atom is 0.254 e. The number of benzene rings is 3. The predicted octanol–water partition coefficient (Wildman–Crippen LogP) is 5.18. The fourth-order valence-corrected chi connectivity index (χ4v) is 5.03. The van der Waals surface area contributed by atoms with Crippen molar-refractivity contribution >= 4 is 23.4 Å². The maximum atomic E-state index is 13.8. The quantitative estimate of drug-likeness (QED) is 0.265. The monoisotopic (exact) mass is 535 g/mol. The Bertz CT molecular complexity index is 1200. The van der Waals surface area contributed by atoms with Gasteiger partial charge in [-0.3, -0.25) is 9.59 Å². The second kappa shape index (κ2) is 14.7. The fraction of sp³-hybridized carbons (Fsp3) is 0.355. The number of aliphatic hydroxyl groups is 1. The summed E-state index contributed by atoms with van der Waals surface area (Å²) in [6, 6.07) is 22.4. The first-order valence-corrected chi connectivity index (χ1v) is 13.6. The molecule has 0 heterocycles. The summed E-state index contributed by atoms with van der Waals surface area (Å²) in [4.78, 5) is 28.2. The SMILES string of the molecule is CCCN(CCC)C(=O)c1cccc(C(N)=O)c1[C@H](Cc1ccccc1)[C@@H](O)CNCc1ccccc1Cl. The van der Waals surface area contributed by atoms with Crippen LogP contribution in [0.1, 0.15) is 70.0 Å². The summed E-state index contributed by atoms with van der Waals surface area (Å²) < 4.78 is 0. The highest BCUT2D eigenvalue weighted by Crippen LogP contribution is 2.32. The topological polar surface area (TPSA) is 95.7 Å². The fourth-order valence-electron chi connectivity index (χ4n) is 4.83.